The molecule has 2 heterocycles. The van der Waals surface area contributed by atoms with Gasteiger partial charge in [-0.2, -0.15) is 0 Å². The smallest absolute Gasteiger partial charge is 0.257 e. The number of aromatic nitrogens is 2. The van der Waals surface area contributed by atoms with Crippen LogP contribution in [0.25, 0.3) is 0 Å². The normalized spacial score (nSPS) is 12.0. The van der Waals surface area contributed by atoms with Gasteiger partial charge in [0, 0.05) is 12.0 Å². The molecule has 1 aromatic heterocycles. The molecule has 3 aromatic rings. The number of hydrogen-bond acceptors (Lipinski definition) is 7. The molecule has 0 saturated heterocycles. The van der Waals surface area contributed by atoms with E-state index >= 15 is 0 Å². The zero-order valence-corrected chi connectivity index (χ0v) is 15.2. The number of carbonyl (C=O) groups excluding carboxylic acids is 1. The van der Waals surface area contributed by atoms with Gasteiger partial charge in [0.05, 0.1) is 6.61 Å². The molecule has 8 heteroatoms. The molecule has 138 valence electrons. The number of amides is 1. The van der Waals surface area contributed by atoms with Gasteiger partial charge in [0.2, 0.25) is 11.9 Å². The van der Waals surface area contributed by atoms with Crippen LogP contribution in [-0.4, -0.2) is 29.5 Å². The Balaban J connectivity index is 1.27. The molecule has 27 heavy (non-hydrogen) atoms. The summed E-state index contributed by atoms with van der Waals surface area (Å²) in [4.78, 5) is 12.4. The van der Waals surface area contributed by atoms with E-state index in [1.165, 1.54) is 11.3 Å². The first-order valence-corrected chi connectivity index (χ1v) is 9.31. The Labute approximate surface area is 159 Å². The van der Waals surface area contributed by atoms with Crippen molar-refractivity contribution in [2.75, 3.05) is 18.7 Å². The summed E-state index contributed by atoms with van der Waals surface area (Å²) in [7, 11) is 0. The van der Waals surface area contributed by atoms with Crippen LogP contribution in [0.15, 0.2) is 48.5 Å². The number of benzene rings is 2. The summed E-state index contributed by atoms with van der Waals surface area (Å²) in [6.07, 6.45) is 1.56. The van der Waals surface area contributed by atoms with Crippen molar-refractivity contribution >= 4 is 22.4 Å². The van der Waals surface area contributed by atoms with Crippen molar-refractivity contribution in [1.82, 2.24) is 10.2 Å². The monoisotopic (exact) mass is 383 g/mol. The third-order valence-electron chi connectivity index (χ3n) is 3.87. The summed E-state index contributed by atoms with van der Waals surface area (Å²) < 4.78 is 16.2. The van der Waals surface area contributed by atoms with Crippen LogP contribution in [0.3, 0.4) is 0 Å². The summed E-state index contributed by atoms with van der Waals surface area (Å²) in [6, 6.07) is 14.7. The van der Waals surface area contributed by atoms with Crippen LogP contribution < -0.4 is 19.5 Å². The number of fused-ring (bicyclic) bond motifs is 1. The zero-order valence-electron chi connectivity index (χ0n) is 14.4. The minimum atomic E-state index is -0.261. The molecule has 0 fully saturated rings. The molecule has 0 aliphatic carbocycles. The van der Waals surface area contributed by atoms with Crippen molar-refractivity contribution in [1.29, 1.82) is 0 Å². The Morgan fingerprint density at radius 2 is 1.96 bits per heavy atom. The Kier molecular flexibility index (Phi) is 5.15. The van der Waals surface area contributed by atoms with Crippen LogP contribution in [0.2, 0.25) is 0 Å². The van der Waals surface area contributed by atoms with Crippen molar-refractivity contribution in [3.05, 3.63) is 59.1 Å². The van der Waals surface area contributed by atoms with E-state index in [0.717, 1.165) is 23.6 Å². The predicted octanol–water partition coefficient (Wildman–Crippen LogP) is 3.53. The number of nitrogens with one attached hydrogen (secondary N) is 1. The Morgan fingerprint density at radius 1 is 1.11 bits per heavy atom. The number of nitrogens with zero attached hydrogens (tertiary/aromatic N) is 2. The van der Waals surface area contributed by atoms with Gasteiger partial charge in [0.1, 0.15) is 10.8 Å². The van der Waals surface area contributed by atoms with Gasteiger partial charge in [0.15, 0.2) is 11.5 Å². The maximum absolute atomic E-state index is 12.4. The predicted molar refractivity (Wildman–Crippen MR) is 101 cm³/mol. The molecule has 0 saturated carbocycles. The van der Waals surface area contributed by atoms with Crippen LogP contribution >= 0.6 is 11.3 Å². The van der Waals surface area contributed by atoms with E-state index in [1.54, 1.807) is 18.2 Å². The highest BCUT2D eigenvalue weighted by Gasteiger charge is 2.17. The Hall–Kier alpha value is -3.13. The fourth-order valence-electron chi connectivity index (χ4n) is 2.54. The highest BCUT2D eigenvalue weighted by Crippen LogP contribution is 2.32. The van der Waals surface area contributed by atoms with Crippen LogP contribution in [0.4, 0.5) is 5.13 Å². The van der Waals surface area contributed by atoms with Gasteiger partial charge < -0.3 is 14.2 Å². The molecule has 2 aromatic carbocycles. The SMILES string of the molecule is O=C(Nc1nnc(CCCOc2ccccc2)s1)c1ccc2c(c1)OCO2. The van der Waals surface area contributed by atoms with Crippen molar-refractivity contribution in [3.8, 4) is 17.2 Å². The standard InChI is InChI=1S/C19H17N3O4S/c23-18(13-8-9-15-16(11-13)26-12-25-15)20-19-22-21-17(27-19)7-4-10-24-14-5-2-1-3-6-14/h1-3,5-6,8-9,11H,4,7,10,12H2,(H,20,22,23). The molecule has 4 rings (SSSR count). The fraction of sp³-hybridized carbons (Fsp3) is 0.211. The molecule has 0 atom stereocenters. The van der Waals surface area contributed by atoms with E-state index < -0.39 is 0 Å². The van der Waals surface area contributed by atoms with Crippen LogP contribution in [0.5, 0.6) is 17.2 Å². The first kappa shape index (κ1) is 17.3. The van der Waals surface area contributed by atoms with Gasteiger partial charge in [-0.25, -0.2) is 0 Å². The van der Waals surface area contributed by atoms with Gasteiger partial charge in [0.25, 0.3) is 5.91 Å². The maximum Gasteiger partial charge on any atom is 0.257 e. The van der Waals surface area contributed by atoms with Crippen LogP contribution in [0, 0.1) is 0 Å². The van der Waals surface area contributed by atoms with Crippen LogP contribution in [-0.2, 0) is 6.42 Å². The number of ether oxygens (including phenoxy) is 3. The van der Waals surface area contributed by atoms with E-state index in [4.69, 9.17) is 14.2 Å². The molecule has 1 amide bonds. The molecule has 1 aliphatic heterocycles. The number of para-hydroxylation sites is 1. The summed E-state index contributed by atoms with van der Waals surface area (Å²) in [5, 5.41) is 12.2. The van der Waals surface area contributed by atoms with Gasteiger partial charge in [-0.05, 0) is 36.8 Å². The lowest BCUT2D eigenvalue weighted by atomic mass is 10.2. The average molecular weight is 383 g/mol. The highest BCUT2D eigenvalue weighted by molar-refractivity contribution is 7.15. The lowest BCUT2D eigenvalue weighted by Gasteiger charge is -2.04. The second kappa shape index (κ2) is 8.05. The number of anilines is 1. The quantitative estimate of drug-likeness (QED) is 0.629. The topological polar surface area (TPSA) is 82.6 Å². The average Bonchev–Trinajstić information content (AvgIpc) is 3.34. The second-order valence-electron chi connectivity index (χ2n) is 5.79. The van der Waals surface area contributed by atoms with Crippen LogP contribution in [0.1, 0.15) is 21.8 Å². The summed E-state index contributed by atoms with van der Waals surface area (Å²) in [5.74, 6) is 1.80. The third-order valence-corrected chi connectivity index (χ3v) is 4.77. The number of rotatable bonds is 7. The van der Waals surface area contributed by atoms with E-state index in [2.05, 4.69) is 15.5 Å². The number of carbonyl (C=O) groups is 1. The minimum absolute atomic E-state index is 0.175. The minimum Gasteiger partial charge on any atom is -0.494 e. The van der Waals surface area contributed by atoms with Crippen molar-refractivity contribution < 1.29 is 19.0 Å². The van der Waals surface area contributed by atoms with E-state index in [9.17, 15) is 4.79 Å². The third kappa shape index (κ3) is 4.35. The van der Waals surface area contributed by atoms with Gasteiger partial charge in [-0.1, -0.05) is 29.5 Å². The second-order valence-corrected chi connectivity index (χ2v) is 6.85. The molecule has 1 N–H and O–H groups in total. The Bertz CT molecular complexity index is 930. The van der Waals surface area contributed by atoms with E-state index in [0.29, 0.717) is 28.8 Å². The van der Waals surface area contributed by atoms with Gasteiger partial charge >= 0.3 is 0 Å². The maximum atomic E-state index is 12.4. The van der Waals surface area contributed by atoms with Gasteiger partial charge in [-0.15, -0.1) is 10.2 Å². The molecular weight excluding hydrogens is 366 g/mol. The molecule has 7 nitrogen and oxygen atoms in total. The van der Waals surface area contributed by atoms with E-state index in [1.807, 2.05) is 30.3 Å². The first-order valence-electron chi connectivity index (χ1n) is 8.49. The summed E-state index contributed by atoms with van der Waals surface area (Å²) >= 11 is 1.36. The largest absolute Gasteiger partial charge is 0.494 e. The Morgan fingerprint density at radius 3 is 2.85 bits per heavy atom. The summed E-state index contributed by atoms with van der Waals surface area (Å²) in [6.45, 7) is 0.774. The van der Waals surface area contributed by atoms with E-state index in [-0.39, 0.29) is 12.7 Å². The lowest BCUT2D eigenvalue weighted by molar-refractivity contribution is 0.102. The lowest BCUT2D eigenvalue weighted by Crippen LogP contribution is -2.11. The molecule has 0 bridgehead atoms. The zero-order chi connectivity index (χ0) is 18.5. The fourth-order valence-corrected chi connectivity index (χ4v) is 3.32. The van der Waals surface area contributed by atoms with Gasteiger partial charge in [-0.3, -0.25) is 10.1 Å². The first-order chi connectivity index (χ1) is 13.3. The summed E-state index contributed by atoms with van der Waals surface area (Å²) in [5.41, 5.74) is 0.479. The highest BCUT2D eigenvalue weighted by atomic mass is 32.1. The molecular formula is C19H17N3O4S. The molecule has 0 radical (unpaired) electrons. The molecule has 0 unspecified atom stereocenters. The van der Waals surface area contributed by atoms with Crippen molar-refractivity contribution in [3.63, 3.8) is 0 Å². The molecule has 0 spiro atoms. The number of hydrogen-bond donors (Lipinski definition) is 1. The van der Waals surface area contributed by atoms with Crippen molar-refractivity contribution in [2.45, 2.75) is 12.8 Å². The van der Waals surface area contributed by atoms with Crippen molar-refractivity contribution in [2.24, 2.45) is 0 Å². The number of aryl methyl sites for hydroxylation is 1. The molecule has 1 aliphatic rings.